The average molecular weight is 442 g/mol. The number of methoxy groups -OCH3 is 1. The third-order valence-corrected chi connectivity index (χ3v) is 5.92. The van der Waals surface area contributed by atoms with E-state index >= 15 is 0 Å². The number of carbonyl (C=O) groups excluding carboxylic acids is 3. The van der Waals surface area contributed by atoms with Crippen molar-refractivity contribution in [3.05, 3.63) is 52.4 Å². The Bertz CT molecular complexity index is 959. The Balaban J connectivity index is 2.13. The van der Waals surface area contributed by atoms with Gasteiger partial charge < -0.3 is 19.5 Å². The summed E-state index contributed by atoms with van der Waals surface area (Å²) in [5, 5.41) is 3.26. The maximum atomic E-state index is 13.6. The minimum Gasteiger partial charge on any atom is -0.494 e. The van der Waals surface area contributed by atoms with Gasteiger partial charge in [0.05, 0.1) is 25.9 Å². The highest BCUT2D eigenvalue weighted by molar-refractivity contribution is 6.12. The highest BCUT2D eigenvalue weighted by Gasteiger charge is 2.47. The summed E-state index contributed by atoms with van der Waals surface area (Å²) < 4.78 is 15.9. The number of benzene rings is 1. The van der Waals surface area contributed by atoms with E-state index in [4.69, 9.17) is 14.2 Å². The van der Waals surface area contributed by atoms with Gasteiger partial charge in [0.2, 0.25) is 0 Å². The largest absolute Gasteiger partial charge is 0.494 e. The predicted octanol–water partition coefficient (Wildman–Crippen LogP) is 3.65. The van der Waals surface area contributed by atoms with Gasteiger partial charge >= 0.3 is 11.9 Å². The fourth-order valence-electron chi connectivity index (χ4n) is 4.48. The van der Waals surface area contributed by atoms with Crippen LogP contribution in [0.5, 0.6) is 5.75 Å². The summed E-state index contributed by atoms with van der Waals surface area (Å²) in [5.74, 6) is -2.40. The topological polar surface area (TPSA) is 90.9 Å². The van der Waals surface area contributed by atoms with E-state index in [1.165, 1.54) is 7.11 Å². The number of rotatable bonds is 7. The molecule has 1 heterocycles. The highest BCUT2D eigenvalue weighted by Crippen LogP contribution is 2.45. The molecular weight excluding hydrogens is 410 g/mol. The van der Waals surface area contributed by atoms with Crippen LogP contribution < -0.4 is 10.1 Å². The minimum absolute atomic E-state index is 0.219. The molecule has 1 aromatic rings. The third kappa shape index (κ3) is 4.42. The first-order valence-electron chi connectivity index (χ1n) is 11.1. The number of Topliss-reactive ketones (excluding diaryl/α,β-unsaturated/α-hetero) is 1. The van der Waals surface area contributed by atoms with Crippen LogP contribution in [-0.2, 0) is 23.9 Å². The van der Waals surface area contributed by atoms with Gasteiger partial charge in [0, 0.05) is 22.9 Å². The molecule has 7 nitrogen and oxygen atoms in total. The number of esters is 2. The number of dihydropyridines is 1. The quantitative estimate of drug-likeness (QED) is 0.510. The molecule has 0 amide bonds. The van der Waals surface area contributed by atoms with Crippen molar-refractivity contribution in [1.29, 1.82) is 0 Å². The smallest absolute Gasteiger partial charge is 0.336 e. The maximum absolute atomic E-state index is 13.6. The molecule has 0 spiro atoms. The van der Waals surface area contributed by atoms with Crippen molar-refractivity contribution in [2.75, 3.05) is 20.3 Å². The van der Waals surface area contributed by atoms with Crippen molar-refractivity contribution in [3.8, 4) is 5.75 Å². The van der Waals surface area contributed by atoms with E-state index < -0.39 is 23.8 Å². The lowest BCUT2D eigenvalue weighted by Crippen LogP contribution is -2.43. The van der Waals surface area contributed by atoms with E-state index in [1.54, 1.807) is 0 Å². The van der Waals surface area contributed by atoms with Crippen molar-refractivity contribution >= 4 is 17.7 Å². The fraction of sp³-hybridized carbons (Fsp3) is 0.480. The van der Waals surface area contributed by atoms with E-state index in [0.717, 1.165) is 11.3 Å². The molecule has 1 aromatic carbocycles. The van der Waals surface area contributed by atoms with Crippen molar-refractivity contribution in [1.82, 2.24) is 5.32 Å². The van der Waals surface area contributed by atoms with Crippen LogP contribution in [0.2, 0.25) is 0 Å². The number of carbonyl (C=O) groups is 3. The Hall–Kier alpha value is -3.09. The van der Waals surface area contributed by atoms with Gasteiger partial charge in [-0.2, -0.15) is 0 Å². The summed E-state index contributed by atoms with van der Waals surface area (Å²) in [7, 11) is 1.28. The van der Waals surface area contributed by atoms with Gasteiger partial charge in [-0.15, -0.1) is 0 Å². The molecular formula is C25H31NO6. The molecule has 1 aliphatic heterocycles. The summed E-state index contributed by atoms with van der Waals surface area (Å²) in [4.78, 5) is 39.1. The fourth-order valence-corrected chi connectivity index (χ4v) is 4.48. The van der Waals surface area contributed by atoms with Gasteiger partial charge in [0.1, 0.15) is 11.7 Å². The van der Waals surface area contributed by atoms with Gasteiger partial charge in [0.25, 0.3) is 0 Å². The first-order chi connectivity index (χ1) is 15.3. The van der Waals surface area contributed by atoms with Crippen LogP contribution in [-0.4, -0.2) is 38.0 Å². The second-order valence-corrected chi connectivity index (χ2v) is 8.17. The Morgan fingerprint density at radius 3 is 2.44 bits per heavy atom. The zero-order valence-corrected chi connectivity index (χ0v) is 19.3. The number of ketones is 1. The molecule has 0 unspecified atom stereocenters. The SMILES string of the molecule is CCCOC(=O)C1=C(C)NC2=C(C(=O)[C@H](C(=O)OC)[C@H](C)C2)[C@H]1c1ccc(OCC)cc1. The van der Waals surface area contributed by atoms with Crippen molar-refractivity contribution in [2.24, 2.45) is 11.8 Å². The van der Waals surface area contributed by atoms with Gasteiger partial charge in [-0.1, -0.05) is 26.0 Å². The molecule has 0 radical (unpaired) electrons. The standard InChI is InChI=1S/C25H31NO6/c1-6-12-32-25(29)20-15(4)26-18-13-14(3)19(24(28)30-5)23(27)22(18)21(20)16-8-10-17(11-9-16)31-7-2/h8-11,14,19,21,26H,6-7,12-13H2,1-5H3/t14-,19-,21+/m1/s1. The third-order valence-electron chi connectivity index (χ3n) is 5.92. The van der Waals surface area contributed by atoms with Gasteiger partial charge in [0.15, 0.2) is 5.78 Å². The summed E-state index contributed by atoms with van der Waals surface area (Å²) in [6.07, 6.45) is 1.19. The molecule has 2 aliphatic rings. The van der Waals surface area contributed by atoms with Crippen LogP contribution in [0.15, 0.2) is 46.8 Å². The second kappa shape index (κ2) is 10.0. The zero-order valence-electron chi connectivity index (χ0n) is 19.3. The minimum atomic E-state index is -0.905. The average Bonchev–Trinajstić information content (AvgIpc) is 2.77. The van der Waals surface area contributed by atoms with Crippen LogP contribution in [0.1, 0.15) is 52.0 Å². The Labute approximate surface area is 188 Å². The van der Waals surface area contributed by atoms with Crippen molar-refractivity contribution < 1.29 is 28.6 Å². The van der Waals surface area contributed by atoms with Crippen LogP contribution >= 0.6 is 0 Å². The molecule has 0 aromatic heterocycles. The number of nitrogens with one attached hydrogen (secondary N) is 1. The molecule has 0 saturated carbocycles. The molecule has 32 heavy (non-hydrogen) atoms. The van der Waals surface area contributed by atoms with E-state index in [0.29, 0.717) is 42.0 Å². The molecule has 0 fully saturated rings. The van der Waals surface area contributed by atoms with Gasteiger partial charge in [-0.3, -0.25) is 9.59 Å². The molecule has 7 heteroatoms. The predicted molar refractivity (Wildman–Crippen MR) is 119 cm³/mol. The first kappa shape index (κ1) is 23.6. The second-order valence-electron chi connectivity index (χ2n) is 8.17. The lowest BCUT2D eigenvalue weighted by Gasteiger charge is -2.38. The van der Waals surface area contributed by atoms with Crippen LogP contribution in [0.25, 0.3) is 0 Å². The molecule has 0 bridgehead atoms. The van der Waals surface area contributed by atoms with E-state index in [9.17, 15) is 14.4 Å². The lowest BCUT2D eigenvalue weighted by molar-refractivity contribution is -0.151. The molecule has 1 aliphatic carbocycles. The monoisotopic (exact) mass is 441 g/mol. The summed E-state index contributed by atoms with van der Waals surface area (Å²) in [5.41, 5.74) is 2.97. The number of hydrogen-bond acceptors (Lipinski definition) is 7. The summed E-state index contributed by atoms with van der Waals surface area (Å²) in [6, 6.07) is 7.34. The van der Waals surface area contributed by atoms with Crippen LogP contribution in [0.3, 0.4) is 0 Å². The molecule has 172 valence electrons. The summed E-state index contributed by atoms with van der Waals surface area (Å²) in [6.45, 7) is 8.32. The van der Waals surface area contributed by atoms with Crippen molar-refractivity contribution in [2.45, 2.75) is 46.5 Å². The van der Waals surface area contributed by atoms with Crippen LogP contribution in [0.4, 0.5) is 0 Å². The van der Waals surface area contributed by atoms with Gasteiger partial charge in [-0.05, 0) is 50.3 Å². The normalized spacial score (nSPS) is 22.8. The molecule has 3 atom stereocenters. The first-order valence-corrected chi connectivity index (χ1v) is 11.1. The molecule has 0 saturated heterocycles. The molecule has 3 rings (SSSR count). The lowest BCUT2D eigenvalue weighted by atomic mass is 9.69. The Morgan fingerprint density at radius 2 is 1.84 bits per heavy atom. The van der Waals surface area contributed by atoms with E-state index in [-0.39, 0.29) is 18.3 Å². The number of allylic oxidation sites excluding steroid dienone is 3. The molecule has 1 N–H and O–H groups in total. The van der Waals surface area contributed by atoms with E-state index in [2.05, 4.69) is 5.32 Å². The van der Waals surface area contributed by atoms with Gasteiger partial charge in [-0.25, -0.2) is 4.79 Å². The Kier molecular flexibility index (Phi) is 7.38. The number of hydrogen-bond donors (Lipinski definition) is 1. The zero-order chi connectivity index (χ0) is 23.4. The number of ether oxygens (including phenoxy) is 3. The maximum Gasteiger partial charge on any atom is 0.336 e. The summed E-state index contributed by atoms with van der Waals surface area (Å²) >= 11 is 0. The highest BCUT2D eigenvalue weighted by atomic mass is 16.5. The van der Waals surface area contributed by atoms with Crippen molar-refractivity contribution in [3.63, 3.8) is 0 Å². The Morgan fingerprint density at radius 1 is 1.16 bits per heavy atom. The van der Waals surface area contributed by atoms with E-state index in [1.807, 2.05) is 52.0 Å². The van der Waals surface area contributed by atoms with Crippen LogP contribution in [0, 0.1) is 11.8 Å².